The zero-order valence-electron chi connectivity index (χ0n) is 13.7. The fourth-order valence-corrected chi connectivity index (χ4v) is 2.55. The Hall–Kier alpha value is -3.39. The molecule has 0 unspecified atom stereocenters. The van der Waals surface area contributed by atoms with Gasteiger partial charge < -0.3 is 14.6 Å². The fourth-order valence-electron chi connectivity index (χ4n) is 2.37. The average Bonchev–Trinajstić information content (AvgIpc) is 3.33. The lowest BCUT2D eigenvalue weighted by Gasteiger charge is -2.17. The van der Waals surface area contributed by atoms with Crippen molar-refractivity contribution in [3.05, 3.63) is 60.1 Å². The SMILES string of the molecule is CN(c1cccc(Cl)c1)c1ncnc(Nc2cc(-c3ccco3)[nH]n2)n1. The monoisotopic (exact) mass is 367 g/mol. The number of furan rings is 1. The van der Waals surface area contributed by atoms with Crippen LogP contribution in [0.25, 0.3) is 11.5 Å². The normalized spacial score (nSPS) is 10.7. The van der Waals surface area contributed by atoms with Gasteiger partial charge >= 0.3 is 0 Å². The first-order valence-corrected chi connectivity index (χ1v) is 8.11. The standard InChI is InChI=1S/C17H14ClN7O/c1-25(12-5-2-4-11(18)8-12)17-20-10-19-16(22-17)21-15-9-13(23-24-15)14-6-3-7-26-14/h2-10H,1H3,(H2,19,20,21,22,23,24). The number of aromatic amines is 1. The van der Waals surface area contributed by atoms with Crippen molar-refractivity contribution in [2.75, 3.05) is 17.3 Å². The lowest BCUT2D eigenvalue weighted by molar-refractivity contribution is 0.580. The molecule has 0 aliphatic rings. The Labute approximate surface area is 153 Å². The molecule has 3 heterocycles. The molecule has 0 aliphatic heterocycles. The third-order valence-corrected chi connectivity index (χ3v) is 3.89. The Morgan fingerprint density at radius 3 is 2.88 bits per heavy atom. The summed E-state index contributed by atoms with van der Waals surface area (Å²) in [4.78, 5) is 14.6. The minimum Gasteiger partial charge on any atom is -0.463 e. The molecular formula is C17H14ClN7O. The summed E-state index contributed by atoms with van der Waals surface area (Å²) in [5.74, 6) is 2.12. The van der Waals surface area contributed by atoms with E-state index in [4.69, 9.17) is 16.0 Å². The van der Waals surface area contributed by atoms with Crippen molar-refractivity contribution in [3.8, 4) is 11.5 Å². The van der Waals surface area contributed by atoms with E-state index in [0.717, 1.165) is 11.4 Å². The topological polar surface area (TPSA) is 95.8 Å². The lowest BCUT2D eigenvalue weighted by atomic mass is 10.3. The Kier molecular flexibility index (Phi) is 4.24. The minimum absolute atomic E-state index is 0.376. The molecular weight excluding hydrogens is 354 g/mol. The maximum absolute atomic E-state index is 6.05. The molecule has 3 aromatic heterocycles. The second kappa shape index (κ2) is 6.85. The summed E-state index contributed by atoms with van der Waals surface area (Å²) in [5.41, 5.74) is 1.62. The number of anilines is 4. The van der Waals surface area contributed by atoms with Gasteiger partial charge in [0, 0.05) is 23.8 Å². The molecule has 0 radical (unpaired) electrons. The van der Waals surface area contributed by atoms with Gasteiger partial charge in [0.05, 0.1) is 6.26 Å². The van der Waals surface area contributed by atoms with E-state index in [2.05, 4.69) is 30.5 Å². The van der Waals surface area contributed by atoms with E-state index in [1.54, 1.807) is 6.26 Å². The highest BCUT2D eigenvalue weighted by molar-refractivity contribution is 6.30. The number of nitrogens with zero attached hydrogens (tertiary/aromatic N) is 5. The number of rotatable bonds is 5. The number of H-pyrrole nitrogens is 1. The third kappa shape index (κ3) is 3.35. The van der Waals surface area contributed by atoms with Gasteiger partial charge in [0.15, 0.2) is 11.6 Å². The van der Waals surface area contributed by atoms with Crippen molar-refractivity contribution in [2.45, 2.75) is 0 Å². The highest BCUT2D eigenvalue weighted by atomic mass is 35.5. The van der Waals surface area contributed by atoms with Gasteiger partial charge in [-0.25, -0.2) is 9.97 Å². The predicted molar refractivity (Wildman–Crippen MR) is 98.9 cm³/mol. The molecule has 0 aliphatic carbocycles. The minimum atomic E-state index is 0.376. The van der Waals surface area contributed by atoms with Gasteiger partial charge in [0.2, 0.25) is 11.9 Å². The van der Waals surface area contributed by atoms with Gasteiger partial charge in [-0.05, 0) is 30.3 Å². The molecule has 4 rings (SSSR count). The van der Waals surface area contributed by atoms with E-state index < -0.39 is 0 Å². The molecule has 9 heteroatoms. The van der Waals surface area contributed by atoms with Gasteiger partial charge in [-0.3, -0.25) is 5.10 Å². The summed E-state index contributed by atoms with van der Waals surface area (Å²) in [6.45, 7) is 0. The molecule has 0 atom stereocenters. The molecule has 0 saturated heterocycles. The van der Waals surface area contributed by atoms with E-state index in [9.17, 15) is 0 Å². The first-order chi connectivity index (χ1) is 12.7. The van der Waals surface area contributed by atoms with Crippen LogP contribution in [0.15, 0.2) is 59.5 Å². The van der Waals surface area contributed by atoms with Crippen LogP contribution in [0, 0.1) is 0 Å². The Morgan fingerprint density at radius 2 is 2.08 bits per heavy atom. The molecule has 0 bridgehead atoms. The Bertz CT molecular complexity index is 1020. The first kappa shape index (κ1) is 16.1. The zero-order valence-corrected chi connectivity index (χ0v) is 14.5. The van der Waals surface area contributed by atoms with Gasteiger partial charge in [-0.15, -0.1) is 0 Å². The van der Waals surface area contributed by atoms with Gasteiger partial charge in [-0.1, -0.05) is 17.7 Å². The quantitative estimate of drug-likeness (QED) is 0.550. The molecule has 8 nitrogen and oxygen atoms in total. The van der Waals surface area contributed by atoms with Gasteiger partial charge in [0.1, 0.15) is 12.0 Å². The first-order valence-electron chi connectivity index (χ1n) is 7.74. The maximum atomic E-state index is 6.05. The summed E-state index contributed by atoms with van der Waals surface area (Å²) in [6, 6.07) is 12.9. The van der Waals surface area contributed by atoms with Crippen LogP contribution in [-0.4, -0.2) is 32.2 Å². The van der Waals surface area contributed by atoms with Crippen LogP contribution in [-0.2, 0) is 0 Å². The van der Waals surface area contributed by atoms with Crippen LogP contribution >= 0.6 is 11.6 Å². The summed E-state index contributed by atoms with van der Waals surface area (Å²) >= 11 is 6.05. The van der Waals surface area contributed by atoms with Crippen LogP contribution < -0.4 is 10.2 Å². The van der Waals surface area contributed by atoms with Crippen molar-refractivity contribution in [1.29, 1.82) is 0 Å². The van der Waals surface area contributed by atoms with E-state index >= 15 is 0 Å². The van der Waals surface area contributed by atoms with Crippen LogP contribution in [0.3, 0.4) is 0 Å². The summed E-state index contributed by atoms with van der Waals surface area (Å²) in [5, 5.41) is 10.8. The highest BCUT2D eigenvalue weighted by Crippen LogP contribution is 2.24. The Morgan fingerprint density at radius 1 is 1.15 bits per heavy atom. The van der Waals surface area contributed by atoms with E-state index in [-0.39, 0.29) is 0 Å². The van der Waals surface area contributed by atoms with Crippen molar-refractivity contribution in [1.82, 2.24) is 25.1 Å². The second-order valence-electron chi connectivity index (χ2n) is 5.42. The van der Waals surface area contributed by atoms with Crippen LogP contribution in [0.2, 0.25) is 5.02 Å². The summed E-state index contributed by atoms with van der Waals surface area (Å²) < 4.78 is 5.33. The van der Waals surface area contributed by atoms with Crippen molar-refractivity contribution >= 4 is 35.0 Å². The lowest BCUT2D eigenvalue weighted by Crippen LogP contribution is -2.14. The van der Waals surface area contributed by atoms with Gasteiger partial charge in [0.25, 0.3) is 0 Å². The number of hydrogen-bond acceptors (Lipinski definition) is 7. The number of hydrogen-bond donors (Lipinski definition) is 2. The Balaban J connectivity index is 1.54. The number of benzene rings is 1. The van der Waals surface area contributed by atoms with Crippen LogP contribution in [0.1, 0.15) is 0 Å². The third-order valence-electron chi connectivity index (χ3n) is 3.66. The number of halogens is 1. The summed E-state index contributed by atoms with van der Waals surface area (Å²) in [6.07, 6.45) is 3.04. The smallest absolute Gasteiger partial charge is 0.234 e. The van der Waals surface area contributed by atoms with E-state index in [0.29, 0.717) is 28.5 Å². The number of aromatic nitrogens is 5. The molecule has 2 N–H and O–H groups in total. The van der Waals surface area contributed by atoms with Crippen molar-refractivity contribution < 1.29 is 4.42 Å². The van der Waals surface area contributed by atoms with Crippen molar-refractivity contribution in [2.24, 2.45) is 0 Å². The molecule has 0 spiro atoms. The maximum Gasteiger partial charge on any atom is 0.234 e. The average molecular weight is 368 g/mol. The fraction of sp³-hybridized carbons (Fsp3) is 0.0588. The predicted octanol–water partition coefficient (Wildman–Crippen LogP) is 4.02. The van der Waals surface area contributed by atoms with Crippen LogP contribution in [0.5, 0.6) is 0 Å². The molecule has 26 heavy (non-hydrogen) atoms. The molecule has 0 saturated carbocycles. The molecule has 4 aromatic rings. The highest BCUT2D eigenvalue weighted by Gasteiger charge is 2.11. The van der Waals surface area contributed by atoms with E-state index in [1.165, 1.54) is 6.33 Å². The molecule has 130 valence electrons. The molecule has 0 amide bonds. The molecule has 1 aromatic carbocycles. The summed E-state index contributed by atoms with van der Waals surface area (Å²) in [7, 11) is 1.86. The van der Waals surface area contributed by atoms with Crippen molar-refractivity contribution in [3.63, 3.8) is 0 Å². The van der Waals surface area contributed by atoms with Gasteiger partial charge in [-0.2, -0.15) is 10.1 Å². The second-order valence-corrected chi connectivity index (χ2v) is 5.85. The van der Waals surface area contributed by atoms with E-state index in [1.807, 2.05) is 54.4 Å². The number of nitrogens with one attached hydrogen (secondary N) is 2. The molecule has 0 fully saturated rings. The zero-order chi connectivity index (χ0) is 17.9. The largest absolute Gasteiger partial charge is 0.463 e. The van der Waals surface area contributed by atoms with Crippen LogP contribution in [0.4, 0.5) is 23.4 Å².